The van der Waals surface area contributed by atoms with E-state index in [-0.39, 0.29) is 0 Å². The molecule has 42 heavy (non-hydrogen) atoms. The lowest BCUT2D eigenvalue weighted by Crippen LogP contribution is -1.93. The number of hydrogen-bond donors (Lipinski definition) is 0. The van der Waals surface area contributed by atoms with Gasteiger partial charge in [0.2, 0.25) is 0 Å². The van der Waals surface area contributed by atoms with Gasteiger partial charge in [-0.05, 0) is 97.5 Å². The second kappa shape index (κ2) is 8.80. The van der Waals surface area contributed by atoms with Crippen molar-refractivity contribution in [2.24, 2.45) is 0 Å². The Morgan fingerprint density at radius 2 is 0.952 bits per heavy atom. The SMILES string of the molecule is Cc1ccc2c(c1)c1ccccc1c1cc3c(-c4ccc(-n5c6ccccc6c6ccccc65)cc4)cccc3cc21. The molecule has 0 fully saturated rings. The molecule has 0 amide bonds. The summed E-state index contributed by atoms with van der Waals surface area (Å²) < 4.78 is 2.38. The van der Waals surface area contributed by atoms with Gasteiger partial charge in [-0.15, -0.1) is 0 Å². The molecule has 0 N–H and O–H groups in total. The van der Waals surface area contributed by atoms with E-state index in [9.17, 15) is 0 Å². The minimum atomic E-state index is 1.18. The zero-order valence-corrected chi connectivity index (χ0v) is 23.3. The fraction of sp³-hybridized carbons (Fsp3) is 0.0244. The predicted molar refractivity (Wildman–Crippen MR) is 181 cm³/mol. The summed E-state index contributed by atoms with van der Waals surface area (Å²) in [6, 6.07) is 53.7. The molecule has 196 valence electrons. The quantitative estimate of drug-likeness (QED) is 0.154. The summed E-state index contributed by atoms with van der Waals surface area (Å²) in [5.74, 6) is 0. The molecule has 9 aromatic rings. The van der Waals surface area contributed by atoms with Gasteiger partial charge in [-0.3, -0.25) is 0 Å². The minimum absolute atomic E-state index is 1.18. The summed E-state index contributed by atoms with van der Waals surface area (Å²) in [5.41, 5.74) is 7.42. The van der Waals surface area contributed by atoms with Gasteiger partial charge >= 0.3 is 0 Å². The van der Waals surface area contributed by atoms with E-state index in [0.717, 1.165) is 0 Å². The van der Waals surface area contributed by atoms with Crippen LogP contribution < -0.4 is 0 Å². The lowest BCUT2D eigenvalue weighted by atomic mass is 9.89. The van der Waals surface area contributed by atoms with Gasteiger partial charge in [-0.1, -0.05) is 115 Å². The van der Waals surface area contributed by atoms with E-state index >= 15 is 0 Å². The van der Waals surface area contributed by atoms with Crippen LogP contribution in [0.1, 0.15) is 5.56 Å². The number of aryl methyl sites for hydroxylation is 1. The first-order chi connectivity index (χ1) is 20.7. The summed E-state index contributed by atoms with van der Waals surface area (Å²) in [6.07, 6.45) is 0. The Balaban J connectivity index is 1.26. The van der Waals surface area contributed by atoms with Crippen LogP contribution in [0.4, 0.5) is 0 Å². The third-order valence-corrected chi connectivity index (χ3v) is 9.01. The molecule has 0 aliphatic rings. The van der Waals surface area contributed by atoms with Crippen molar-refractivity contribution in [2.75, 3.05) is 0 Å². The van der Waals surface area contributed by atoms with Crippen molar-refractivity contribution >= 4 is 64.9 Å². The first-order valence-electron chi connectivity index (χ1n) is 14.6. The molecule has 0 saturated carbocycles. The van der Waals surface area contributed by atoms with Gasteiger partial charge in [0.05, 0.1) is 11.0 Å². The number of fused-ring (bicyclic) bond motifs is 10. The van der Waals surface area contributed by atoms with Gasteiger partial charge < -0.3 is 4.57 Å². The van der Waals surface area contributed by atoms with E-state index in [1.807, 2.05) is 0 Å². The summed E-state index contributed by atoms with van der Waals surface area (Å²) in [4.78, 5) is 0. The van der Waals surface area contributed by atoms with Crippen LogP contribution in [-0.4, -0.2) is 4.57 Å². The molecular weight excluding hydrogens is 506 g/mol. The zero-order valence-electron chi connectivity index (χ0n) is 23.3. The Morgan fingerprint density at radius 1 is 0.381 bits per heavy atom. The van der Waals surface area contributed by atoms with Crippen molar-refractivity contribution in [1.29, 1.82) is 0 Å². The largest absolute Gasteiger partial charge is 0.309 e. The third-order valence-electron chi connectivity index (χ3n) is 9.01. The molecule has 8 aromatic carbocycles. The Kier molecular flexibility index (Phi) is 4.88. The molecule has 0 radical (unpaired) electrons. The highest BCUT2D eigenvalue weighted by atomic mass is 15.0. The van der Waals surface area contributed by atoms with Crippen molar-refractivity contribution in [2.45, 2.75) is 6.92 Å². The molecule has 1 nitrogen and oxygen atoms in total. The number of hydrogen-bond acceptors (Lipinski definition) is 0. The van der Waals surface area contributed by atoms with E-state index < -0.39 is 0 Å². The molecule has 0 unspecified atom stereocenters. The number of aromatic nitrogens is 1. The number of para-hydroxylation sites is 2. The van der Waals surface area contributed by atoms with Gasteiger partial charge in [0, 0.05) is 16.5 Å². The predicted octanol–water partition coefficient (Wildman–Crippen LogP) is 11.4. The molecule has 0 saturated heterocycles. The summed E-state index contributed by atoms with van der Waals surface area (Å²) in [5, 5.41) is 13.0. The van der Waals surface area contributed by atoms with Crippen LogP contribution in [0.3, 0.4) is 0 Å². The first kappa shape index (κ1) is 23.3. The van der Waals surface area contributed by atoms with E-state index in [2.05, 4.69) is 157 Å². The van der Waals surface area contributed by atoms with Crippen LogP contribution in [0.25, 0.3) is 81.7 Å². The molecule has 1 heteroatoms. The normalized spacial score (nSPS) is 11.9. The molecule has 1 aromatic heterocycles. The summed E-state index contributed by atoms with van der Waals surface area (Å²) in [7, 11) is 0. The van der Waals surface area contributed by atoms with E-state index in [0.29, 0.717) is 0 Å². The minimum Gasteiger partial charge on any atom is -0.309 e. The third kappa shape index (κ3) is 3.31. The van der Waals surface area contributed by atoms with Gasteiger partial charge in [-0.2, -0.15) is 0 Å². The monoisotopic (exact) mass is 533 g/mol. The van der Waals surface area contributed by atoms with Gasteiger partial charge in [-0.25, -0.2) is 0 Å². The molecule has 9 rings (SSSR count). The fourth-order valence-corrected chi connectivity index (χ4v) is 7.08. The van der Waals surface area contributed by atoms with Crippen molar-refractivity contribution in [3.05, 3.63) is 151 Å². The molecule has 0 spiro atoms. The smallest absolute Gasteiger partial charge is 0.0541 e. The van der Waals surface area contributed by atoms with E-state index in [1.54, 1.807) is 0 Å². The Morgan fingerprint density at radius 3 is 1.64 bits per heavy atom. The first-order valence-corrected chi connectivity index (χ1v) is 14.6. The second-order valence-electron chi connectivity index (χ2n) is 11.4. The van der Waals surface area contributed by atoms with E-state index in [1.165, 1.54) is 87.3 Å². The van der Waals surface area contributed by atoms with Crippen LogP contribution in [0.15, 0.2) is 146 Å². The van der Waals surface area contributed by atoms with Crippen molar-refractivity contribution < 1.29 is 0 Å². The highest BCUT2D eigenvalue weighted by molar-refractivity contribution is 6.27. The Labute approximate surface area is 243 Å². The zero-order chi connectivity index (χ0) is 27.8. The molecule has 0 atom stereocenters. The topological polar surface area (TPSA) is 4.93 Å². The highest BCUT2D eigenvalue weighted by Crippen LogP contribution is 2.40. The average molecular weight is 534 g/mol. The van der Waals surface area contributed by atoms with Crippen molar-refractivity contribution in [3.8, 4) is 16.8 Å². The molecular formula is C41H27N. The van der Waals surface area contributed by atoms with Gasteiger partial charge in [0.15, 0.2) is 0 Å². The highest BCUT2D eigenvalue weighted by Gasteiger charge is 2.14. The molecule has 0 aliphatic carbocycles. The Hall–Kier alpha value is -5.40. The van der Waals surface area contributed by atoms with Gasteiger partial charge in [0.1, 0.15) is 0 Å². The lowest BCUT2D eigenvalue weighted by Gasteiger charge is -2.14. The molecule has 1 heterocycles. The van der Waals surface area contributed by atoms with Gasteiger partial charge in [0.25, 0.3) is 0 Å². The number of benzene rings is 8. The van der Waals surface area contributed by atoms with Crippen LogP contribution in [0.2, 0.25) is 0 Å². The number of nitrogens with zero attached hydrogens (tertiary/aromatic N) is 1. The summed E-state index contributed by atoms with van der Waals surface area (Å²) in [6.45, 7) is 2.18. The molecule has 0 bridgehead atoms. The average Bonchev–Trinajstić information content (AvgIpc) is 3.38. The fourth-order valence-electron chi connectivity index (χ4n) is 7.08. The van der Waals surface area contributed by atoms with Crippen molar-refractivity contribution in [3.63, 3.8) is 0 Å². The lowest BCUT2D eigenvalue weighted by molar-refractivity contribution is 1.18. The maximum Gasteiger partial charge on any atom is 0.0541 e. The van der Waals surface area contributed by atoms with Crippen LogP contribution in [-0.2, 0) is 0 Å². The molecule has 0 aliphatic heterocycles. The van der Waals surface area contributed by atoms with Crippen molar-refractivity contribution in [1.82, 2.24) is 4.57 Å². The van der Waals surface area contributed by atoms with Crippen LogP contribution >= 0.6 is 0 Å². The van der Waals surface area contributed by atoms with Crippen LogP contribution in [0, 0.1) is 6.92 Å². The van der Waals surface area contributed by atoms with E-state index in [4.69, 9.17) is 0 Å². The number of rotatable bonds is 2. The Bertz CT molecular complexity index is 2460. The van der Waals surface area contributed by atoms with Crippen LogP contribution in [0.5, 0.6) is 0 Å². The maximum atomic E-state index is 2.42. The maximum absolute atomic E-state index is 2.42. The summed E-state index contributed by atoms with van der Waals surface area (Å²) >= 11 is 0. The second-order valence-corrected chi connectivity index (χ2v) is 11.4. The standard InChI is InChI=1S/C41H27N/c1-26-17-22-33-37(23-26)31-10-2-3-11-32(31)39-25-36-28(24-38(33)39)9-8-14-30(36)27-18-20-29(21-19-27)42-40-15-6-4-12-34(40)35-13-5-7-16-41(35)42/h2-25H,1H3.